The lowest BCUT2D eigenvalue weighted by molar-refractivity contribution is -0.142. The zero-order chi connectivity index (χ0) is 30.0. The SMILES string of the molecule is CCc1c2c(nc3ccc([C@@H]4CCCCN4C4CCN(C(=O)O)CC4)cc13)-c1cc3c(c(=O)n1C2)CNC(=O)C3(O)CC. The van der Waals surface area contributed by atoms with Crippen LogP contribution in [0, 0.1) is 0 Å². The van der Waals surface area contributed by atoms with Crippen molar-refractivity contribution in [2.24, 2.45) is 0 Å². The van der Waals surface area contributed by atoms with E-state index in [1.54, 1.807) is 11.5 Å². The van der Waals surface area contributed by atoms with Crippen LogP contribution in [0.3, 0.4) is 0 Å². The minimum atomic E-state index is -1.74. The number of carbonyl (C=O) groups excluding carboxylic acids is 1. The van der Waals surface area contributed by atoms with Crippen LogP contribution in [-0.2, 0) is 29.9 Å². The molecule has 2 saturated heterocycles. The molecule has 10 nitrogen and oxygen atoms in total. The summed E-state index contributed by atoms with van der Waals surface area (Å²) in [7, 11) is 0. The average molecular weight is 586 g/mol. The van der Waals surface area contributed by atoms with E-state index in [0.29, 0.717) is 42.5 Å². The van der Waals surface area contributed by atoms with E-state index in [1.165, 1.54) is 22.4 Å². The van der Waals surface area contributed by atoms with Crippen molar-refractivity contribution in [1.29, 1.82) is 0 Å². The minimum Gasteiger partial charge on any atom is -0.465 e. The minimum absolute atomic E-state index is 0.110. The molecule has 0 radical (unpaired) electrons. The van der Waals surface area contributed by atoms with Crippen molar-refractivity contribution in [2.45, 2.75) is 89.6 Å². The Hall–Kier alpha value is -3.76. The van der Waals surface area contributed by atoms with E-state index in [9.17, 15) is 24.6 Å². The fourth-order valence-electron chi connectivity index (χ4n) is 8.05. The Morgan fingerprint density at radius 1 is 1.07 bits per heavy atom. The highest BCUT2D eigenvalue weighted by Gasteiger charge is 2.44. The molecule has 0 spiro atoms. The number of hydrogen-bond donors (Lipinski definition) is 3. The topological polar surface area (TPSA) is 128 Å². The first-order valence-corrected chi connectivity index (χ1v) is 15.7. The van der Waals surface area contributed by atoms with Crippen LogP contribution in [0.15, 0.2) is 29.1 Å². The van der Waals surface area contributed by atoms with E-state index in [1.807, 2.05) is 6.07 Å². The van der Waals surface area contributed by atoms with Crippen LogP contribution in [0.2, 0.25) is 0 Å². The van der Waals surface area contributed by atoms with Gasteiger partial charge >= 0.3 is 6.09 Å². The summed E-state index contributed by atoms with van der Waals surface area (Å²) < 4.78 is 1.75. The Morgan fingerprint density at radius 3 is 2.58 bits per heavy atom. The molecule has 1 unspecified atom stereocenters. The molecule has 0 aliphatic carbocycles. The number of aliphatic hydroxyl groups is 1. The highest BCUT2D eigenvalue weighted by molar-refractivity contribution is 5.91. The van der Waals surface area contributed by atoms with E-state index in [2.05, 4.69) is 35.3 Å². The molecule has 2 fully saturated rings. The maximum atomic E-state index is 13.7. The summed E-state index contributed by atoms with van der Waals surface area (Å²) in [6.07, 6.45) is 5.24. The molecule has 0 bridgehead atoms. The molecule has 2 atom stereocenters. The van der Waals surface area contributed by atoms with Gasteiger partial charge in [0.1, 0.15) is 0 Å². The van der Waals surface area contributed by atoms with Gasteiger partial charge in [-0.05, 0) is 74.4 Å². The molecule has 2 amide bonds. The fraction of sp³-hybridized carbons (Fsp3) is 0.515. The average Bonchev–Trinajstić information content (AvgIpc) is 3.40. The lowest BCUT2D eigenvalue weighted by Gasteiger charge is -2.44. The highest BCUT2D eigenvalue weighted by Crippen LogP contribution is 2.41. The van der Waals surface area contributed by atoms with Crippen molar-refractivity contribution >= 4 is 22.9 Å². The maximum Gasteiger partial charge on any atom is 0.407 e. The number of amides is 2. The number of benzene rings is 1. The van der Waals surface area contributed by atoms with Crippen LogP contribution in [0.4, 0.5) is 4.79 Å². The summed E-state index contributed by atoms with van der Waals surface area (Å²) >= 11 is 0. The zero-order valence-corrected chi connectivity index (χ0v) is 24.9. The number of piperidine rings is 2. The predicted molar refractivity (Wildman–Crippen MR) is 162 cm³/mol. The van der Waals surface area contributed by atoms with Gasteiger partial charge in [-0.1, -0.05) is 26.3 Å². The van der Waals surface area contributed by atoms with Crippen molar-refractivity contribution in [3.63, 3.8) is 0 Å². The number of nitrogens with one attached hydrogen (secondary N) is 1. The molecule has 7 rings (SSSR count). The second-order valence-corrected chi connectivity index (χ2v) is 12.5. The molecule has 0 saturated carbocycles. The lowest BCUT2D eigenvalue weighted by Crippen LogP contribution is -2.50. The lowest BCUT2D eigenvalue weighted by atomic mass is 9.84. The number of carboxylic acid groups (broad SMARTS) is 1. The van der Waals surface area contributed by atoms with Crippen molar-refractivity contribution in [1.82, 2.24) is 24.7 Å². The molecule has 3 aromatic rings. The van der Waals surface area contributed by atoms with E-state index < -0.39 is 17.6 Å². The molecule has 4 aliphatic heterocycles. The van der Waals surface area contributed by atoms with Gasteiger partial charge in [-0.3, -0.25) is 14.5 Å². The molecule has 43 heavy (non-hydrogen) atoms. The Morgan fingerprint density at radius 2 is 1.86 bits per heavy atom. The molecule has 4 aliphatic rings. The number of carbonyl (C=O) groups is 2. The van der Waals surface area contributed by atoms with Crippen molar-refractivity contribution in [2.75, 3.05) is 19.6 Å². The summed E-state index contributed by atoms with van der Waals surface area (Å²) in [5.74, 6) is -0.470. The molecular weight excluding hydrogens is 546 g/mol. The van der Waals surface area contributed by atoms with Gasteiger partial charge in [-0.2, -0.15) is 0 Å². The molecule has 3 N–H and O–H groups in total. The molecular formula is C33H39N5O5. The van der Waals surface area contributed by atoms with E-state index >= 15 is 0 Å². The number of likely N-dealkylation sites (tertiary alicyclic amines) is 2. The predicted octanol–water partition coefficient (Wildman–Crippen LogP) is 3.88. The van der Waals surface area contributed by atoms with Gasteiger partial charge in [0, 0.05) is 53.8 Å². The molecule has 6 heterocycles. The Labute approximate surface area is 250 Å². The van der Waals surface area contributed by atoms with Gasteiger partial charge in [0.05, 0.1) is 23.4 Å². The van der Waals surface area contributed by atoms with Crippen LogP contribution in [-0.4, -0.2) is 67.2 Å². The van der Waals surface area contributed by atoms with Gasteiger partial charge in [-0.15, -0.1) is 0 Å². The van der Waals surface area contributed by atoms with Gasteiger partial charge in [-0.25, -0.2) is 9.78 Å². The number of hydrogen-bond acceptors (Lipinski definition) is 6. The third kappa shape index (κ3) is 4.29. The first-order chi connectivity index (χ1) is 20.7. The van der Waals surface area contributed by atoms with Crippen LogP contribution in [0.25, 0.3) is 22.3 Å². The number of fused-ring (bicyclic) bond motifs is 5. The Balaban J connectivity index is 1.28. The Kier molecular flexibility index (Phi) is 6.81. The van der Waals surface area contributed by atoms with Gasteiger partial charge in [0.15, 0.2) is 5.60 Å². The summed E-state index contributed by atoms with van der Waals surface area (Å²) in [4.78, 5) is 47.1. The number of rotatable bonds is 4. The number of aromatic nitrogens is 2. The summed E-state index contributed by atoms with van der Waals surface area (Å²) in [5, 5.41) is 24.5. The van der Waals surface area contributed by atoms with Gasteiger partial charge < -0.3 is 25.0 Å². The fourth-order valence-corrected chi connectivity index (χ4v) is 8.05. The first-order valence-electron chi connectivity index (χ1n) is 15.7. The van der Waals surface area contributed by atoms with E-state index in [4.69, 9.17) is 4.98 Å². The van der Waals surface area contributed by atoms with Crippen molar-refractivity contribution in [3.8, 4) is 11.4 Å². The van der Waals surface area contributed by atoms with Crippen LogP contribution >= 0.6 is 0 Å². The highest BCUT2D eigenvalue weighted by atomic mass is 16.4. The summed E-state index contributed by atoms with van der Waals surface area (Å²) in [5.41, 5.74) is 4.69. The normalized spacial score (nSPS) is 24.0. The third-order valence-electron chi connectivity index (χ3n) is 10.4. The first kappa shape index (κ1) is 28.0. The van der Waals surface area contributed by atoms with Crippen LogP contribution < -0.4 is 10.9 Å². The van der Waals surface area contributed by atoms with Gasteiger partial charge in [0.2, 0.25) is 0 Å². The summed E-state index contributed by atoms with van der Waals surface area (Å²) in [6.45, 7) is 6.61. The van der Waals surface area contributed by atoms with E-state index in [-0.39, 0.29) is 24.6 Å². The van der Waals surface area contributed by atoms with Crippen molar-refractivity contribution in [3.05, 3.63) is 62.4 Å². The van der Waals surface area contributed by atoms with E-state index in [0.717, 1.165) is 60.8 Å². The van der Waals surface area contributed by atoms with Crippen molar-refractivity contribution < 1.29 is 19.8 Å². The molecule has 226 valence electrons. The second-order valence-electron chi connectivity index (χ2n) is 12.5. The molecule has 2 aromatic heterocycles. The summed E-state index contributed by atoms with van der Waals surface area (Å²) in [6, 6.07) is 9.04. The molecule has 10 heteroatoms. The second kappa shape index (κ2) is 10.4. The van der Waals surface area contributed by atoms with Crippen LogP contribution in [0.5, 0.6) is 0 Å². The Bertz CT molecular complexity index is 1710. The number of pyridine rings is 2. The smallest absolute Gasteiger partial charge is 0.407 e. The molecule has 1 aromatic carbocycles. The number of nitrogens with zero attached hydrogens (tertiary/aromatic N) is 4. The quantitative estimate of drug-likeness (QED) is 0.332. The number of aryl methyl sites for hydroxylation is 1. The standard InChI is InChI=1S/C33H39N5O5/c1-3-21-22-15-19(27-7-5-6-12-37(27)20-10-13-36(14-11-20)32(41)42)8-9-26(22)35-29-24(21)18-38-28(29)16-25-23(30(38)39)17-34-31(40)33(25,43)4-2/h8-9,15-16,20,27,43H,3-7,10-14,17-18H2,1-2H3,(H,34,40)(H,41,42)/t27-,33?/m0/s1. The maximum absolute atomic E-state index is 13.7. The largest absolute Gasteiger partial charge is 0.465 e. The third-order valence-corrected chi connectivity index (χ3v) is 10.4. The van der Waals surface area contributed by atoms with Gasteiger partial charge in [0.25, 0.3) is 11.5 Å². The monoisotopic (exact) mass is 585 g/mol. The van der Waals surface area contributed by atoms with Crippen LogP contribution in [0.1, 0.15) is 86.2 Å². The zero-order valence-electron chi connectivity index (χ0n) is 24.9.